The summed E-state index contributed by atoms with van der Waals surface area (Å²) in [5.41, 5.74) is 0. The number of carbonyl (C=O) groups is 1. The fraction of sp³-hybridized carbons (Fsp3) is 0.938. The molecule has 56 heavy (non-hydrogen) atoms. The van der Waals surface area contributed by atoms with Gasteiger partial charge in [-0.05, 0) is 19.3 Å². The lowest BCUT2D eigenvalue weighted by atomic mass is 10.0. The average molecular weight is 814 g/mol. The van der Waals surface area contributed by atoms with Crippen molar-refractivity contribution in [3.05, 3.63) is 12.2 Å². The number of hydrogen-bond acceptors (Lipinski definition) is 5. The molecule has 0 radical (unpaired) electrons. The van der Waals surface area contributed by atoms with Crippen molar-refractivity contribution >= 4 is 16.0 Å². The zero-order valence-corrected chi connectivity index (χ0v) is 38.0. The summed E-state index contributed by atoms with van der Waals surface area (Å²) in [6, 6.07) is -1.23. The second kappa shape index (κ2) is 42.2. The van der Waals surface area contributed by atoms with E-state index in [0.29, 0.717) is 6.42 Å². The molecule has 0 aromatic rings. The van der Waals surface area contributed by atoms with Gasteiger partial charge in [0.1, 0.15) is 6.10 Å². The number of aliphatic hydroxyl groups excluding tert-OH is 2. The highest BCUT2D eigenvalue weighted by molar-refractivity contribution is 7.85. The Morgan fingerprint density at radius 1 is 0.482 bits per heavy atom. The van der Waals surface area contributed by atoms with E-state index in [4.69, 9.17) is 0 Å². The lowest BCUT2D eigenvalue weighted by molar-refractivity contribution is -0.130. The smallest absolute Gasteiger partial charge is 0.267 e. The van der Waals surface area contributed by atoms with Gasteiger partial charge in [-0.2, -0.15) is 8.42 Å². The molecule has 0 aromatic heterocycles. The lowest BCUT2D eigenvalue weighted by Gasteiger charge is -2.22. The highest BCUT2D eigenvalue weighted by Gasteiger charge is 2.27. The fourth-order valence-corrected chi connectivity index (χ4v) is 8.55. The van der Waals surface area contributed by atoms with Crippen LogP contribution < -0.4 is 5.32 Å². The minimum absolute atomic E-state index is 0.286. The summed E-state index contributed by atoms with van der Waals surface area (Å²) in [5, 5.41) is 23.5. The number of amides is 1. The number of rotatable bonds is 45. The van der Waals surface area contributed by atoms with Gasteiger partial charge in [0.2, 0.25) is 5.91 Å². The van der Waals surface area contributed by atoms with Crippen LogP contribution in [0.15, 0.2) is 12.2 Å². The molecule has 0 aliphatic carbocycles. The molecule has 0 aliphatic heterocycles. The van der Waals surface area contributed by atoms with Crippen LogP contribution in [-0.4, -0.2) is 53.1 Å². The lowest BCUT2D eigenvalue weighted by Crippen LogP contribution is -2.50. The topological polar surface area (TPSA) is 124 Å². The molecule has 4 N–H and O–H groups in total. The molecule has 0 fully saturated rings. The standard InChI is InChI=1S/C48H95NO6S/c1-3-5-7-9-11-13-15-17-19-21-23-24-25-27-29-31-33-35-37-39-41-43-47(51)48(52)49-45(44-56(53,54)55)46(50)42-40-38-36-34-32-30-28-26-22-20-18-16-14-12-10-8-6-4-2/h40,42,45-47,50-51H,3-39,41,43-44H2,1-2H3,(H,49,52)(H,53,54,55)/b42-40+. The fourth-order valence-electron chi connectivity index (χ4n) is 7.81. The summed E-state index contributed by atoms with van der Waals surface area (Å²) < 4.78 is 32.7. The third-order valence-electron chi connectivity index (χ3n) is 11.6. The minimum Gasteiger partial charge on any atom is -0.387 e. The van der Waals surface area contributed by atoms with Gasteiger partial charge in [0.15, 0.2) is 0 Å². The van der Waals surface area contributed by atoms with Crippen molar-refractivity contribution in [1.29, 1.82) is 0 Å². The summed E-state index contributed by atoms with van der Waals surface area (Å²) in [4.78, 5) is 12.7. The molecule has 7 nitrogen and oxygen atoms in total. The quantitative estimate of drug-likeness (QED) is 0.0276. The highest BCUT2D eigenvalue weighted by Crippen LogP contribution is 2.17. The van der Waals surface area contributed by atoms with Gasteiger partial charge in [-0.1, -0.05) is 257 Å². The maximum absolute atomic E-state index is 12.7. The molecule has 0 saturated heterocycles. The molecule has 8 heteroatoms. The number of hydrogen-bond donors (Lipinski definition) is 4. The minimum atomic E-state index is -4.44. The van der Waals surface area contributed by atoms with Crippen LogP contribution in [0.3, 0.4) is 0 Å². The van der Waals surface area contributed by atoms with Gasteiger partial charge in [0.05, 0.1) is 17.9 Å². The van der Waals surface area contributed by atoms with Gasteiger partial charge in [-0.15, -0.1) is 0 Å². The predicted octanol–water partition coefficient (Wildman–Crippen LogP) is 13.9. The summed E-state index contributed by atoms with van der Waals surface area (Å²) in [6.45, 7) is 4.54. The average Bonchev–Trinajstić information content (AvgIpc) is 3.17. The highest BCUT2D eigenvalue weighted by atomic mass is 32.2. The van der Waals surface area contributed by atoms with E-state index >= 15 is 0 Å². The number of allylic oxidation sites excluding steroid dienone is 1. The number of unbranched alkanes of at least 4 members (excludes halogenated alkanes) is 36. The van der Waals surface area contributed by atoms with Crippen molar-refractivity contribution in [1.82, 2.24) is 5.32 Å². The Labute approximate surface area is 348 Å². The van der Waals surface area contributed by atoms with E-state index in [2.05, 4.69) is 19.2 Å². The Hall–Kier alpha value is -0.960. The molecule has 1 amide bonds. The van der Waals surface area contributed by atoms with E-state index in [0.717, 1.165) is 38.5 Å². The maximum atomic E-state index is 12.7. The monoisotopic (exact) mass is 814 g/mol. The third kappa shape index (κ3) is 41.2. The molecular formula is C48H95NO6S. The molecule has 3 unspecified atom stereocenters. The normalized spacial score (nSPS) is 13.7. The Bertz CT molecular complexity index is 957. The van der Waals surface area contributed by atoms with E-state index in [9.17, 15) is 28.0 Å². The summed E-state index contributed by atoms with van der Waals surface area (Å²) in [5.74, 6) is -1.52. The van der Waals surface area contributed by atoms with Crippen LogP contribution in [0.5, 0.6) is 0 Å². The van der Waals surface area contributed by atoms with Gasteiger partial charge in [-0.25, -0.2) is 0 Å². The summed E-state index contributed by atoms with van der Waals surface area (Å²) >= 11 is 0. The van der Waals surface area contributed by atoms with Crippen LogP contribution in [0.2, 0.25) is 0 Å². The Balaban J connectivity index is 3.88. The number of nitrogens with one attached hydrogen (secondary N) is 1. The first-order valence-corrected chi connectivity index (χ1v) is 26.1. The molecule has 334 valence electrons. The first-order valence-electron chi connectivity index (χ1n) is 24.5. The number of carbonyl (C=O) groups excluding carboxylic acids is 1. The summed E-state index contributed by atoms with van der Waals surface area (Å²) in [6.07, 6.45) is 49.9. The van der Waals surface area contributed by atoms with Gasteiger partial charge < -0.3 is 15.5 Å². The first-order chi connectivity index (χ1) is 27.2. The molecule has 0 aromatic carbocycles. The molecule has 0 aliphatic rings. The van der Waals surface area contributed by atoms with Gasteiger partial charge in [-0.3, -0.25) is 9.35 Å². The maximum Gasteiger partial charge on any atom is 0.267 e. The molecular weight excluding hydrogens is 719 g/mol. The third-order valence-corrected chi connectivity index (χ3v) is 12.4. The van der Waals surface area contributed by atoms with Crippen LogP contribution in [0, 0.1) is 0 Å². The van der Waals surface area contributed by atoms with E-state index in [1.807, 2.05) is 6.08 Å². The van der Waals surface area contributed by atoms with Crippen molar-refractivity contribution in [2.45, 2.75) is 283 Å². The van der Waals surface area contributed by atoms with Gasteiger partial charge in [0.25, 0.3) is 10.1 Å². The van der Waals surface area contributed by atoms with Crippen molar-refractivity contribution < 1.29 is 28.0 Å². The second-order valence-corrected chi connectivity index (χ2v) is 18.7. The van der Waals surface area contributed by atoms with Crippen LogP contribution in [0.25, 0.3) is 0 Å². The van der Waals surface area contributed by atoms with Crippen LogP contribution >= 0.6 is 0 Å². The van der Waals surface area contributed by atoms with Gasteiger partial charge in [0, 0.05) is 0 Å². The molecule has 0 heterocycles. The van der Waals surface area contributed by atoms with Crippen molar-refractivity contribution in [3.8, 4) is 0 Å². The summed E-state index contributed by atoms with van der Waals surface area (Å²) in [7, 11) is -4.44. The Kier molecular flexibility index (Phi) is 41.5. The molecule has 0 bridgehead atoms. The zero-order valence-electron chi connectivity index (χ0n) is 37.1. The molecule has 0 saturated carbocycles. The predicted molar refractivity (Wildman–Crippen MR) is 241 cm³/mol. The van der Waals surface area contributed by atoms with E-state index < -0.39 is 40.0 Å². The first kappa shape index (κ1) is 55.0. The zero-order chi connectivity index (χ0) is 41.2. The molecule has 0 rings (SSSR count). The SMILES string of the molecule is CCCCCCCCCCCCCCCCCC/C=C/C(O)C(CS(=O)(=O)O)NC(=O)C(O)CCCCCCCCCCCCCCCCCCCCCCC. The van der Waals surface area contributed by atoms with Crippen LogP contribution in [0.4, 0.5) is 0 Å². The number of aliphatic hydroxyl groups is 2. The van der Waals surface area contributed by atoms with Crippen molar-refractivity contribution in [3.63, 3.8) is 0 Å². The van der Waals surface area contributed by atoms with Crippen molar-refractivity contribution in [2.24, 2.45) is 0 Å². The molecule has 0 spiro atoms. The largest absolute Gasteiger partial charge is 0.387 e. The van der Waals surface area contributed by atoms with Crippen molar-refractivity contribution in [2.75, 3.05) is 5.75 Å². The second-order valence-electron chi connectivity index (χ2n) is 17.2. The Morgan fingerprint density at radius 3 is 1.07 bits per heavy atom. The van der Waals surface area contributed by atoms with E-state index in [1.165, 1.54) is 205 Å². The van der Waals surface area contributed by atoms with E-state index in [1.54, 1.807) is 0 Å². The molecule has 3 atom stereocenters. The van der Waals surface area contributed by atoms with Crippen LogP contribution in [0.1, 0.15) is 264 Å². The van der Waals surface area contributed by atoms with Gasteiger partial charge >= 0.3 is 0 Å². The van der Waals surface area contributed by atoms with E-state index in [-0.39, 0.29) is 6.42 Å². The Morgan fingerprint density at radius 2 is 0.768 bits per heavy atom. The van der Waals surface area contributed by atoms with Crippen LogP contribution in [-0.2, 0) is 14.9 Å².